The van der Waals surface area contributed by atoms with Crippen LogP contribution in [-0.2, 0) is 5.41 Å². The van der Waals surface area contributed by atoms with Gasteiger partial charge in [-0.2, -0.15) is 0 Å². The maximum atomic E-state index is 4.41. The molecule has 2 nitrogen and oxygen atoms in total. The minimum absolute atomic E-state index is 0.195. The van der Waals surface area contributed by atoms with E-state index in [0.717, 1.165) is 6.04 Å². The molecule has 2 rings (SSSR count). The molecule has 1 aliphatic rings. The second-order valence-corrected chi connectivity index (χ2v) is 4.69. The first-order chi connectivity index (χ1) is 5.57. The molecule has 66 valence electrons. The lowest BCUT2D eigenvalue weighted by atomic mass is 9.93. The van der Waals surface area contributed by atoms with E-state index in [1.807, 2.05) is 6.33 Å². The highest BCUT2D eigenvalue weighted by molar-refractivity contribution is 5.10. The zero-order valence-electron chi connectivity index (χ0n) is 8.04. The zero-order valence-corrected chi connectivity index (χ0v) is 8.04. The van der Waals surface area contributed by atoms with E-state index in [-0.39, 0.29) is 5.41 Å². The molecule has 1 fully saturated rings. The molecule has 1 saturated carbocycles. The van der Waals surface area contributed by atoms with E-state index in [1.54, 1.807) is 0 Å². The molecule has 12 heavy (non-hydrogen) atoms. The number of aromatic nitrogens is 2. The Bertz CT molecular complexity index is 276. The van der Waals surface area contributed by atoms with Crippen molar-refractivity contribution in [3.05, 3.63) is 18.2 Å². The van der Waals surface area contributed by atoms with Gasteiger partial charge in [-0.25, -0.2) is 4.98 Å². The van der Waals surface area contributed by atoms with Gasteiger partial charge in [0.2, 0.25) is 0 Å². The Labute approximate surface area is 73.6 Å². The Morgan fingerprint density at radius 2 is 2.08 bits per heavy atom. The van der Waals surface area contributed by atoms with Crippen LogP contribution in [0.4, 0.5) is 0 Å². The molecule has 0 amide bonds. The van der Waals surface area contributed by atoms with Gasteiger partial charge in [0.25, 0.3) is 0 Å². The van der Waals surface area contributed by atoms with Crippen LogP contribution in [0.3, 0.4) is 0 Å². The number of nitrogens with zero attached hydrogens (tertiary/aromatic N) is 2. The molecule has 0 spiro atoms. The quantitative estimate of drug-likeness (QED) is 0.623. The average Bonchev–Trinajstić information content (AvgIpc) is 2.66. The SMILES string of the molecule is CC(C)(C)c1cn(C2CC2)cn1. The molecule has 0 N–H and O–H groups in total. The summed E-state index contributed by atoms with van der Waals surface area (Å²) in [5, 5.41) is 0. The molecular weight excluding hydrogens is 148 g/mol. The summed E-state index contributed by atoms with van der Waals surface area (Å²) in [5.74, 6) is 0. The normalized spacial score (nSPS) is 18.2. The van der Waals surface area contributed by atoms with E-state index in [0.29, 0.717) is 0 Å². The third kappa shape index (κ3) is 1.38. The Hall–Kier alpha value is -0.790. The number of hydrogen-bond acceptors (Lipinski definition) is 1. The van der Waals surface area contributed by atoms with Crippen molar-refractivity contribution in [3.63, 3.8) is 0 Å². The van der Waals surface area contributed by atoms with Crippen molar-refractivity contribution in [2.75, 3.05) is 0 Å². The largest absolute Gasteiger partial charge is 0.334 e. The molecule has 1 aromatic rings. The van der Waals surface area contributed by atoms with E-state index in [2.05, 4.69) is 36.5 Å². The van der Waals surface area contributed by atoms with E-state index in [1.165, 1.54) is 18.5 Å². The molecule has 2 heteroatoms. The lowest BCUT2D eigenvalue weighted by Gasteiger charge is -2.14. The van der Waals surface area contributed by atoms with Gasteiger partial charge in [-0.3, -0.25) is 0 Å². The summed E-state index contributed by atoms with van der Waals surface area (Å²) in [7, 11) is 0. The van der Waals surface area contributed by atoms with Gasteiger partial charge in [-0.1, -0.05) is 20.8 Å². The standard InChI is InChI=1S/C10H16N2/c1-10(2,3)9-6-12(7-11-9)8-4-5-8/h6-8H,4-5H2,1-3H3. The van der Waals surface area contributed by atoms with Crippen LogP contribution in [0.2, 0.25) is 0 Å². The van der Waals surface area contributed by atoms with Crippen molar-refractivity contribution in [2.45, 2.75) is 45.1 Å². The van der Waals surface area contributed by atoms with Gasteiger partial charge in [-0.15, -0.1) is 0 Å². The molecule has 1 aliphatic carbocycles. The van der Waals surface area contributed by atoms with Crippen LogP contribution < -0.4 is 0 Å². The Morgan fingerprint density at radius 3 is 2.50 bits per heavy atom. The first-order valence-electron chi connectivity index (χ1n) is 4.61. The number of rotatable bonds is 1. The minimum Gasteiger partial charge on any atom is -0.334 e. The zero-order chi connectivity index (χ0) is 8.77. The van der Waals surface area contributed by atoms with Gasteiger partial charge in [0, 0.05) is 17.7 Å². The summed E-state index contributed by atoms with van der Waals surface area (Å²) in [6, 6.07) is 0.758. The molecule has 0 unspecified atom stereocenters. The molecular formula is C10H16N2. The average molecular weight is 164 g/mol. The molecule has 0 radical (unpaired) electrons. The Kier molecular flexibility index (Phi) is 1.53. The van der Waals surface area contributed by atoms with Gasteiger partial charge in [-0.05, 0) is 12.8 Å². The van der Waals surface area contributed by atoms with Crippen molar-refractivity contribution in [2.24, 2.45) is 0 Å². The number of imidazole rings is 1. The lowest BCUT2D eigenvalue weighted by Crippen LogP contribution is -2.11. The summed E-state index contributed by atoms with van der Waals surface area (Å²) in [5.41, 5.74) is 1.40. The molecule has 1 aromatic heterocycles. The molecule has 0 aliphatic heterocycles. The Balaban J connectivity index is 2.23. The van der Waals surface area contributed by atoms with E-state index < -0.39 is 0 Å². The van der Waals surface area contributed by atoms with E-state index >= 15 is 0 Å². The second-order valence-electron chi connectivity index (χ2n) is 4.69. The van der Waals surface area contributed by atoms with Gasteiger partial charge in [0.05, 0.1) is 12.0 Å². The van der Waals surface area contributed by atoms with Gasteiger partial charge < -0.3 is 4.57 Å². The summed E-state index contributed by atoms with van der Waals surface area (Å²) >= 11 is 0. The highest BCUT2D eigenvalue weighted by Crippen LogP contribution is 2.35. The van der Waals surface area contributed by atoms with Crippen molar-refractivity contribution < 1.29 is 0 Å². The lowest BCUT2D eigenvalue weighted by molar-refractivity contribution is 0.570. The maximum absolute atomic E-state index is 4.41. The van der Waals surface area contributed by atoms with Crippen molar-refractivity contribution in [3.8, 4) is 0 Å². The number of hydrogen-bond donors (Lipinski definition) is 0. The highest BCUT2D eigenvalue weighted by Gasteiger charge is 2.25. The summed E-state index contributed by atoms with van der Waals surface area (Å²) in [6.07, 6.45) is 6.83. The molecule has 0 saturated heterocycles. The third-order valence-corrected chi connectivity index (χ3v) is 2.34. The first kappa shape index (κ1) is 7.84. The van der Waals surface area contributed by atoms with Gasteiger partial charge in [0.15, 0.2) is 0 Å². The van der Waals surface area contributed by atoms with Crippen LogP contribution in [-0.4, -0.2) is 9.55 Å². The molecule has 0 atom stereocenters. The molecule has 0 bridgehead atoms. The van der Waals surface area contributed by atoms with E-state index in [9.17, 15) is 0 Å². The van der Waals surface area contributed by atoms with Crippen molar-refractivity contribution >= 4 is 0 Å². The fourth-order valence-electron chi connectivity index (χ4n) is 1.30. The fourth-order valence-corrected chi connectivity index (χ4v) is 1.30. The summed E-state index contributed by atoms with van der Waals surface area (Å²) in [6.45, 7) is 6.60. The smallest absolute Gasteiger partial charge is 0.0952 e. The fraction of sp³-hybridized carbons (Fsp3) is 0.700. The maximum Gasteiger partial charge on any atom is 0.0952 e. The minimum atomic E-state index is 0.195. The monoisotopic (exact) mass is 164 g/mol. The van der Waals surface area contributed by atoms with Crippen molar-refractivity contribution in [1.82, 2.24) is 9.55 Å². The van der Waals surface area contributed by atoms with Crippen molar-refractivity contribution in [1.29, 1.82) is 0 Å². The second kappa shape index (κ2) is 2.35. The Morgan fingerprint density at radius 1 is 1.42 bits per heavy atom. The third-order valence-electron chi connectivity index (χ3n) is 2.34. The first-order valence-corrected chi connectivity index (χ1v) is 4.61. The predicted octanol–water partition coefficient (Wildman–Crippen LogP) is 2.52. The topological polar surface area (TPSA) is 17.8 Å². The summed E-state index contributed by atoms with van der Waals surface area (Å²) < 4.78 is 2.25. The van der Waals surface area contributed by atoms with Crippen LogP contribution in [0.25, 0.3) is 0 Å². The van der Waals surface area contributed by atoms with Crippen LogP contribution in [0.15, 0.2) is 12.5 Å². The van der Waals surface area contributed by atoms with Crippen LogP contribution in [0.1, 0.15) is 45.3 Å². The van der Waals surface area contributed by atoms with Gasteiger partial charge in [0.1, 0.15) is 0 Å². The van der Waals surface area contributed by atoms with Crippen LogP contribution >= 0.6 is 0 Å². The van der Waals surface area contributed by atoms with Crippen LogP contribution in [0, 0.1) is 0 Å². The molecule has 1 heterocycles. The summed E-state index contributed by atoms with van der Waals surface area (Å²) in [4.78, 5) is 4.41. The van der Waals surface area contributed by atoms with Gasteiger partial charge >= 0.3 is 0 Å². The van der Waals surface area contributed by atoms with E-state index in [4.69, 9.17) is 0 Å². The highest BCUT2D eigenvalue weighted by atomic mass is 15.1. The molecule has 0 aromatic carbocycles. The predicted molar refractivity (Wildman–Crippen MR) is 49.2 cm³/mol. The van der Waals surface area contributed by atoms with Crippen LogP contribution in [0.5, 0.6) is 0 Å².